The van der Waals surface area contributed by atoms with E-state index in [1.165, 1.54) is 11.8 Å². The molecule has 0 aliphatic carbocycles. The van der Waals surface area contributed by atoms with Gasteiger partial charge in [0.2, 0.25) is 5.91 Å². The maximum atomic E-state index is 12.4. The van der Waals surface area contributed by atoms with Crippen molar-refractivity contribution in [1.29, 1.82) is 5.26 Å². The Morgan fingerprint density at radius 2 is 1.97 bits per heavy atom. The van der Waals surface area contributed by atoms with E-state index < -0.39 is 0 Å². The Kier molecular flexibility index (Phi) is 5.28. The number of fused-ring (bicyclic) bond motifs is 2. The van der Waals surface area contributed by atoms with E-state index >= 15 is 0 Å². The van der Waals surface area contributed by atoms with Crippen molar-refractivity contribution in [1.82, 2.24) is 4.98 Å². The molecule has 0 bridgehead atoms. The maximum Gasteiger partial charge on any atom is 0.234 e. The Balaban J connectivity index is 1.49. The summed E-state index contributed by atoms with van der Waals surface area (Å²) in [5, 5.41) is 13.8. The van der Waals surface area contributed by atoms with E-state index in [-0.39, 0.29) is 11.7 Å². The first-order valence-corrected chi connectivity index (χ1v) is 10.2. The van der Waals surface area contributed by atoms with Gasteiger partial charge in [0.25, 0.3) is 0 Å². The van der Waals surface area contributed by atoms with E-state index in [9.17, 15) is 10.1 Å². The number of amides is 1. The quantitative estimate of drug-likeness (QED) is 0.654. The lowest BCUT2D eigenvalue weighted by molar-refractivity contribution is -0.113. The monoisotopic (exact) mass is 405 g/mol. The van der Waals surface area contributed by atoms with Crippen LogP contribution in [0.3, 0.4) is 0 Å². The highest BCUT2D eigenvalue weighted by atomic mass is 32.2. The SMILES string of the molecule is Cc1ccc2cc(C#N)c(SCC(=O)Nc3ccc4c(c3)OCCO4)nc2c1C. The fourth-order valence-corrected chi connectivity index (χ4v) is 3.86. The molecule has 3 aromatic rings. The van der Waals surface area contributed by atoms with Crippen LogP contribution in [0, 0.1) is 25.2 Å². The van der Waals surface area contributed by atoms with Crippen LogP contribution >= 0.6 is 11.8 Å². The van der Waals surface area contributed by atoms with Gasteiger partial charge in [0, 0.05) is 17.1 Å². The number of hydrogen-bond acceptors (Lipinski definition) is 6. The Morgan fingerprint density at radius 1 is 1.17 bits per heavy atom. The molecule has 1 amide bonds. The molecule has 1 N–H and O–H groups in total. The predicted molar refractivity (Wildman–Crippen MR) is 113 cm³/mol. The molecule has 7 heteroatoms. The molecule has 2 aromatic carbocycles. The Bertz CT molecular complexity index is 1150. The van der Waals surface area contributed by atoms with Gasteiger partial charge in [-0.05, 0) is 43.2 Å². The standard InChI is InChI=1S/C22H19N3O3S/c1-13-3-4-15-9-16(11-23)22(25-21(15)14(13)2)29-12-20(26)24-17-5-6-18-19(10-17)28-8-7-27-18/h3-6,9-10H,7-8,12H2,1-2H3,(H,24,26). The number of nitriles is 1. The summed E-state index contributed by atoms with van der Waals surface area (Å²) in [5.41, 5.74) is 4.19. The van der Waals surface area contributed by atoms with Gasteiger partial charge in [-0.3, -0.25) is 4.79 Å². The molecule has 0 radical (unpaired) electrons. The van der Waals surface area contributed by atoms with Crippen LogP contribution in [0.25, 0.3) is 10.9 Å². The molecule has 0 spiro atoms. The molecule has 2 heterocycles. The van der Waals surface area contributed by atoms with E-state index in [4.69, 9.17) is 9.47 Å². The number of carbonyl (C=O) groups is 1. The highest BCUT2D eigenvalue weighted by Gasteiger charge is 2.15. The molecule has 146 valence electrons. The molecular formula is C22H19N3O3S. The zero-order chi connectivity index (χ0) is 20.4. The molecular weight excluding hydrogens is 386 g/mol. The summed E-state index contributed by atoms with van der Waals surface area (Å²) in [6.45, 7) is 5.06. The lowest BCUT2D eigenvalue weighted by atomic mass is 10.0. The second-order valence-corrected chi connectivity index (χ2v) is 7.69. The number of nitrogens with one attached hydrogen (secondary N) is 1. The summed E-state index contributed by atoms with van der Waals surface area (Å²) in [6, 6.07) is 13.3. The van der Waals surface area contributed by atoms with Crippen molar-refractivity contribution in [3.63, 3.8) is 0 Å². The molecule has 4 rings (SSSR count). The van der Waals surface area contributed by atoms with Gasteiger partial charge in [0.05, 0.1) is 16.8 Å². The van der Waals surface area contributed by atoms with Gasteiger partial charge < -0.3 is 14.8 Å². The van der Waals surface area contributed by atoms with Gasteiger partial charge in [0.15, 0.2) is 11.5 Å². The predicted octanol–water partition coefficient (Wildman–Crippen LogP) is 4.23. The summed E-state index contributed by atoms with van der Waals surface area (Å²) in [7, 11) is 0. The highest BCUT2D eigenvalue weighted by Crippen LogP contribution is 2.33. The maximum absolute atomic E-state index is 12.4. The Morgan fingerprint density at radius 3 is 2.76 bits per heavy atom. The van der Waals surface area contributed by atoms with E-state index in [1.807, 2.05) is 32.0 Å². The molecule has 0 fully saturated rings. The van der Waals surface area contributed by atoms with Crippen LogP contribution in [0.5, 0.6) is 11.5 Å². The van der Waals surface area contributed by atoms with E-state index in [1.54, 1.807) is 18.2 Å². The third kappa shape index (κ3) is 3.98. The number of aryl methyl sites for hydroxylation is 2. The van der Waals surface area contributed by atoms with Crippen LogP contribution in [0.15, 0.2) is 41.4 Å². The minimum Gasteiger partial charge on any atom is -0.486 e. The molecule has 1 aliphatic rings. The molecule has 0 saturated heterocycles. The first kappa shape index (κ1) is 19.1. The minimum atomic E-state index is -0.182. The largest absolute Gasteiger partial charge is 0.486 e. The van der Waals surface area contributed by atoms with Gasteiger partial charge in [-0.15, -0.1) is 0 Å². The van der Waals surface area contributed by atoms with E-state index in [0.29, 0.717) is 41.0 Å². The Hall–Kier alpha value is -3.24. The van der Waals surface area contributed by atoms with Crippen molar-refractivity contribution >= 4 is 34.3 Å². The van der Waals surface area contributed by atoms with Crippen LogP contribution in [0.4, 0.5) is 5.69 Å². The highest BCUT2D eigenvalue weighted by molar-refractivity contribution is 8.00. The van der Waals surface area contributed by atoms with Gasteiger partial charge >= 0.3 is 0 Å². The summed E-state index contributed by atoms with van der Waals surface area (Å²) >= 11 is 1.26. The van der Waals surface area contributed by atoms with Crippen LogP contribution in [0.1, 0.15) is 16.7 Å². The van der Waals surface area contributed by atoms with Crippen molar-refractivity contribution in [2.75, 3.05) is 24.3 Å². The topological polar surface area (TPSA) is 84.2 Å². The molecule has 0 unspecified atom stereocenters. The zero-order valence-electron chi connectivity index (χ0n) is 16.1. The number of rotatable bonds is 4. The lowest BCUT2D eigenvalue weighted by Gasteiger charge is -2.19. The van der Waals surface area contributed by atoms with E-state index in [2.05, 4.69) is 16.4 Å². The number of nitrogens with zero attached hydrogens (tertiary/aromatic N) is 2. The first-order valence-electron chi connectivity index (χ1n) is 9.18. The number of thioether (sulfide) groups is 1. The second kappa shape index (κ2) is 8.02. The summed E-state index contributed by atoms with van der Waals surface area (Å²) in [4.78, 5) is 17.1. The number of anilines is 1. The number of aromatic nitrogens is 1. The van der Waals surface area contributed by atoms with Crippen LogP contribution in [-0.4, -0.2) is 29.9 Å². The normalized spacial score (nSPS) is 12.4. The molecule has 6 nitrogen and oxygen atoms in total. The summed E-state index contributed by atoms with van der Waals surface area (Å²) in [6.07, 6.45) is 0. The van der Waals surface area contributed by atoms with Gasteiger partial charge in [-0.1, -0.05) is 23.9 Å². The zero-order valence-corrected chi connectivity index (χ0v) is 16.9. The molecule has 0 saturated carbocycles. The number of hydrogen-bond donors (Lipinski definition) is 1. The van der Waals surface area contributed by atoms with E-state index in [0.717, 1.165) is 22.0 Å². The van der Waals surface area contributed by atoms with Crippen LogP contribution < -0.4 is 14.8 Å². The summed E-state index contributed by atoms with van der Waals surface area (Å²) in [5.74, 6) is 1.26. The smallest absolute Gasteiger partial charge is 0.234 e. The number of carbonyl (C=O) groups excluding carboxylic acids is 1. The third-order valence-corrected chi connectivity index (χ3v) is 5.75. The third-order valence-electron chi connectivity index (χ3n) is 4.76. The average Bonchev–Trinajstić information content (AvgIpc) is 2.74. The molecule has 1 aromatic heterocycles. The van der Waals surface area contributed by atoms with Gasteiger partial charge in [-0.2, -0.15) is 5.26 Å². The lowest BCUT2D eigenvalue weighted by Crippen LogP contribution is -2.17. The van der Waals surface area contributed by atoms with Crippen molar-refractivity contribution in [3.05, 3.63) is 53.1 Å². The van der Waals surface area contributed by atoms with Crippen molar-refractivity contribution in [3.8, 4) is 17.6 Å². The van der Waals surface area contributed by atoms with Crippen molar-refractivity contribution in [2.45, 2.75) is 18.9 Å². The fourth-order valence-electron chi connectivity index (χ4n) is 3.11. The number of benzene rings is 2. The molecule has 1 aliphatic heterocycles. The molecule has 29 heavy (non-hydrogen) atoms. The van der Waals surface area contributed by atoms with Crippen molar-refractivity contribution in [2.24, 2.45) is 0 Å². The minimum absolute atomic E-state index is 0.145. The number of pyridine rings is 1. The summed E-state index contributed by atoms with van der Waals surface area (Å²) < 4.78 is 11.0. The molecule has 0 atom stereocenters. The van der Waals surface area contributed by atoms with Gasteiger partial charge in [0.1, 0.15) is 24.3 Å². The van der Waals surface area contributed by atoms with Gasteiger partial charge in [-0.25, -0.2) is 4.98 Å². The van der Waals surface area contributed by atoms with Crippen LogP contribution in [-0.2, 0) is 4.79 Å². The second-order valence-electron chi connectivity index (χ2n) is 6.73. The Labute approximate surface area is 172 Å². The number of ether oxygens (including phenoxy) is 2. The van der Waals surface area contributed by atoms with Crippen LogP contribution in [0.2, 0.25) is 0 Å². The first-order chi connectivity index (χ1) is 14.0. The fraction of sp³-hybridized carbons (Fsp3) is 0.227. The van der Waals surface area contributed by atoms with Crippen molar-refractivity contribution < 1.29 is 14.3 Å². The average molecular weight is 405 g/mol.